The molecule has 0 amide bonds. The zero-order valence-corrected chi connectivity index (χ0v) is 10.4. The van der Waals surface area contributed by atoms with E-state index >= 15 is 0 Å². The molecule has 1 aromatic carbocycles. The molecule has 17 heavy (non-hydrogen) atoms. The van der Waals surface area contributed by atoms with Gasteiger partial charge in [-0.2, -0.15) is 0 Å². The number of hydrogen-bond acceptors (Lipinski definition) is 4. The summed E-state index contributed by atoms with van der Waals surface area (Å²) in [5.41, 5.74) is 0.692. The molecule has 0 radical (unpaired) electrons. The van der Waals surface area contributed by atoms with Crippen molar-refractivity contribution in [3.63, 3.8) is 0 Å². The molecule has 0 aliphatic carbocycles. The predicted octanol–water partition coefficient (Wildman–Crippen LogP) is 0.326. The van der Waals surface area contributed by atoms with Gasteiger partial charge in [0.15, 0.2) is 9.84 Å². The zero-order valence-electron chi connectivity index (χ0n) is 9.59. The van der Waals surface area contributed by atoms with Gasteiger partial charge in [0.05, 0.1) is 11.5 Å². The van der Waals surface area contributed by atoms with Gasteiger partial charge in [-0.3, -0.25) is 0 Å². The van der Waals surface area contributed by atoms with E-state index in [-0.39, 0.29) is 18.1 Å². The Morgan fingerprint density at radius 1 is 1.24 bits per heavy atom. The molecule has 0 unspecified atom stereocenters. The van der Waals surface area contributed by atoms with Gasteiger partial charge in [-0.25, -0.2) is 8.42 Å². The van der Waals surface area contributed by atoms with Crippen LogP contribution in [0, 0.1) is 0 Å². The highest BCUT2D eigenvalue weighted by molar-refractivity contribution is 7.93. The van der Waals surface area contributed by atoms with Gasteiger partial charge >= 0.3 is 0 Å². The zero-order chi connectivity index (χ0) is 12.4. The molecule has 2 rings (SSSR count). The number of aliphatic hydroxyl groups is 1. The minimum absolute atomic E-state index is 0.0112. The average molecular weight is 255 g/mol. The van der Waals surface area contributed by atoms with Crippen LogP contribution in [-0.2, 0) is 16.4 Å². The fourth-order valence-electron chi connectivity index (χ4n) is 2.23. The van der Waals surface area contributed by atoms with Gasteiger partial charge in [0.2, 0.25) is 0 Å². The lowest BCUT2D eigenvalue weighted by molar-refractivity contribution is 0.223. The van der Waals surface area contributed by atoms with Gasteiger partial charge in [0.1, 0.15) is 0 Å². The van der Waals surface area contributed by atoms with Crippen molar-refractivity contribution in [2.24, 2.45) is 0 Å². The first-order valence-electron chi connectivity index (χ1n) is 5.66. The topological polar surface area (TPSA) is 66.4 Å². The molecule has 5 heteroatoms. The first-order valence-corrected chi connectivity index (χ1v) is 7.48. The van der Waals surface area contributed by atoms with Gasteiger partial charge in [0, 0.05) is 18.7 Å². The smallest absolute Gasteiger partial charge is 0.154 e. The summed E-state index contributed by atoms with van der Waals surface area (Å²) in [4.78, 5) is 0. The maximum absolute atomic E-state index is 11.3. The first-order chi connectivity index (χ1) is 8.05. The van der Waals surface area contributed by atoms with Gasteiger partial charge in [-0.1, -0.05) is 30.3 Å². The van der Waals surface area contributed by atoms with Crippen LogP contribution in [0.3, 0.4) is 0 Å². The lowest BCUT2D eigenvalue weighted by Gasteiger charge is -2.41. The predicted molar refractivity (Wildman–Crippen MR) is 66.4 cm³/mol. The summed E-state index contributed by atoms with van der Waals surface area (Å²) in [6.45, 7) is 0.646. The average Bonchev–Trinajstić information content (AvgIpc) is 2.26. The standard InChI is InChI=1S/C12H17NO3S/c14-7-6-12(9-17(15,16)10-12)13-8-11-4-2-1-3-5-11/h1-5,13-14H,6-10H2. The fourth-order valence-corrected chi connectivity index (χ4v) is 4.33. The largest absolute Gasteiger partial charge is 0.396 e. The van der Waals surface area contributed by atoms with E-state index in [1.807, 2.05) is 30.3 Å². The molecule has 0 aromatic heterocycles. The first kappa shape index (κ1) is 12.5. The second kappa shape index (κ2) is 4.76. The summed E-state index contributed by atoms with van der Waals surface area (Å²) in [7, 11) is -2.89. The normalized spacial score (nSPS) is 20.8. The second-order valence-corrected chi connectivity index (χ2v) is 6.69. The maximum Gasteiger partial charge on any atom is 0.154 e. The Balaban J connectivity index is 1.96. The van der Waals surface area contributed by atoms with E-state index < -0.39 is 15.4 Å². The molecule has 4 nitrogen and oxygen atoms in total. The summed E-state index contributed by atoms with van der Waals surface area (Å²) in [6.07, 6.45) is 0.485. The lowest BCUT2D eigenvalue weighted by atomic mass is 9.99. The summed E-state index contributed by atoms with van der Waals surface area (Å²) < 4.78 is 22.5. The van der Waals surface area contributed by atoms with Crippen LogP contribution in [0.2, 0.25) is 0 Å². The van der Waals surface area contributed by atoms with Crippen molar-refractivity contribution in [1.29, 1.82) is 0 Å². The van der Waals surface area contributed by atoms with Crippen molar-refractivity contribution >= 4 is 9.84 Å². The molecule has 0 atom stereocenters. The highest BCUT2D eigenvalue weighted by Crippen LogP contribution is 2.27. The van der Waals surface area contributed by atoms with Crippen molar-refractivity contribution in [3.8, 4) is 0 Å². The number of aliphatic hydroxyl groups excluding tert-OH is 1. The van der Waals surface area contributed by atoms with Crippen LogP contribution in [0.25, 0.3) is 0 Å². The summed E-state index contributed by atoms with van der Waals surface area (Å²) in [5.74, 6) is 0.265. The molecular formula is C12H17NO3S. The Bertz CT molecular complexity index is 458. The van der Waals surface area contributed by atoms with E-state index in [1.54, 1.807) is 0 Å². The minimum Gasteiger partial charge on any atom is -0.396 e. The third kappa shape index (κ3) is 3.06. The van der Waals surface area contributed by atoms with Crippen LogP contribution in [-0.4, -0.2) is 37.2 Å². The van der Waals surface area contributed by atoms with Crippen LogP contribution in [0.4, 0.5) is 0 Å². The Kier molecular flexibility index (Phi) is 3.51. The highest BCUT2D eigenvalue weighted by Gasteiger charge is 2.47. The van der Waals surface area contributed by atoms with Crippen LogP contribution >= 0.6 is 0 Å². The Labute approximate surface area is 102 Å². The van der Waals surface area contributed by atoms with Gasteiger partial charge in [0.25, 0.3) is 0 Å². The molecule has 94 valence electrons. The van der Waals surface area contributed by atoms with E-state index in [9.17, 15) is 8.42 Å². The van der Waals surface area contributed by atoms with Gasteiger partial charge in [-0.15, -0.1) is 0 Å². The van der Waals surface area contributed by atoms with E-state index in [1.165, 1.54) is 0 Å². The molecule has 0 bridgehead atoms. The Hall–Kier alpha value is -0.910. The van der Waals surface area contributed by atoms with Gasteiger partial charge in [-0.05, 0) is 12.0 Å². The number of benzene rings is 1. The van der Waals surface area contributed by atoms with Crippen LogP contribution in [0.1, 0.15) is 12.0 Å². The highest BCUT2D eigenvalue weighted by atomic mass is 32.2. The number of sulfone groups is 1. The fraction of sp³-hybridized carbons (Fsp3) is 0.500. The van der Waals surface area contributed by atoms with E-state index in [4.69, 9.17) is 5.11 Å². The van der Waals surface area contributed by atoms with Gasteiger partial charge < -0.3 is 10.4 Å². The van der Waals surface area contributed by atoms with Crippen LogP contribution in [0.15, 0.2) is 30.3 Å². The second-order valence-electron chi connectivity index (χ2n) is 4.63. The summed E-state index contributed by atoms with van der Waals surface area (Å²) in [6, 6.07) is 9.83. The quantitative estimate of drug-likeness (QED) is 0.795. The molecule has 1 fully saturated rings. The van der Waals surface area contributed by atoms with Crippen molar-refractivity contribution in [2.45, 2.75) is 18.5 Å². The molecule has 0 spiro atoms. The summed E-state index contributed by atoms with van der Waals surface area (Å²) >= 11 is 0. The molecule has 2 N–H and O–H groups in total. The van der Waals surface area contributed by atoms with E-state index in [0.29, 0.717) is 13.0 Å². The van der Waals surface area contributed by atoms with Crippen molar-refractivity contribution in [2.75, 3.05) is 18.1 Å². The third-order valence-corrected chi connectivity index (χ3v) is 5.08. The van der Waals surface area contributed by atoms with E-state index in [2.05, 4.69) is 5.32 Å². The molecular weight excluding hydrogens is 238 g/mol. The SMILES string of the molecule is O=S1(=O)CC(CCO)(NCc2ccccc2)C1. The molecule has 0 saturated carbocycles. The Morgan fingerprint density at radius 2 is 1.88 bits per heavy atom. The van der Waals surface area contributed by atoms with Crippen LogP contribution in [0.5, 0.6) is 0 Å². The Morgan fingerprint density at radius 3 is 2.41 bits per heavy atom. The maximum atomic E-state index is 11.3. The van der Waals surface area contributed by atoms with Crippen LogP contribution < -0.4 is 5.32 Å². The molecule has 1 heterocycles. The van der Waals surface area contributed by atoms with Crippen molar-refractivity contribution in [1.82, 2.24) is 5.32 Å². The van der Waals surface area contributed by atoms with Crippen molar-refractivity contribution < 1.29 is 13.5 Å². The van der Waals surface area contributed by atoms with E-state index in [0.717, 1.165) is 5.56 Å². The number of nitrogens with one attached hydrogen (secondary N) is 1. The molecule has 1 aliphatic heterocycles. The monoisotopic (exact) mass is 255 g/mol. The third-order valence-electron chi connectivity index (χ3n) is 3.09. The number of rotatable bonds is 5. The minimum atomic E-state index is -2.89. The lowest BCUT2D eigenvalue weighted by Crippen LogP contribution is -2.64. The van der Waals surface area contributed by atoms with Crippen molar-refractivity contribution in [3.05, 3.63) is 35.9 Å². The molecule has 1 aliphatic rings. The molecule has 1 aromatic rings. The summed E-state index contributed by atoms with van der Waals surface area (Å²) in [5, 5.41) is 12.3. The molecule has 1 saturated heterocycles. The number of hydrogen-bond donors (Lipinski definition) is 2.